The second-order valence-corrected chi connectivity index (χ2v) is 3.80. The van der Waals surface area contributed by atoms with E-state index in [0.29, 0.717) is 0 Å². The Morgan fingerprint density at radius 2 is 2.20 bits per heavy atom. The van der Waals surface area contributed by atoms with Gasteiger partial charge in [0, 0.05) is 18.0 Å². The number of benzene rings is 1. The number of carbonyl (C=O) groups is 1. The summed E-state index contributed by atoms with van der Waals surface area (Å²) in [6.07, 6.45) is 4.69. The Morgan fingerprint density at radius 1 is 1.35 bits per heavy atom. The molecule has 1 aromatic heterocycles. The van der Waals surface area contributed by atoms with Crippen molar-refractivity contribution in [3.05, 3.63) is 60.2 Å². The number of halogens is 1. The van der Waals surface area contributed by atoms with E-state index < -0.39 is 11.7 Å². The molecular formula is C14H12FN3O2. The monoisotopic (exact) mass is 273 g/mol. The Labute approximate surface area is 115 Å². The second-order valence-electron chi connectivity index (χ2n) is 3.80. The van der Waals surface area contributed by atoms with Crippen LogP contribution in [0.15, 0.2) is 53.9 Å². The predicted molar refractivity (Wildman–Crippen MR) is 71.9 cm³/mol. The molecule has 2 aromatic rings. The minimum absolute atomic E-state index is 0.0267. The first-order chi connectivity index (χ1) is 9.75. The summed E-state index contributed by atoms with van der Waals surface area (Å²) in [6.45, 7) is -0.314. The van der Waals surface area contributed by atoms with E-state index in [9.17, 15) is 9.18 Å². The summed E-state index contributed by atoms with van der Waals surface area (Å²) in [6, 6.07) is 9.41. The van der Waals surface area contributed by atoms with Gasteiger partial charge in [-0.05, 0) is 18.2 Å². The lowest BCUT2D eigenvalue weighted by Crippen LogP contribution is -2.24. The third-order valence-corrected chi connectivity index (χ3v) is 2.28. The van der Waals surface area contributed by atoms with Crippen LogP contribution in [-0.4, -0.2) is 23.7 Å². The van der Waals surface area contributed by atoms with Gasteiger partial charge in [-0.3, -0.25) is 9.78 Å². The Morgan fingerprint density at radius 3 is 2.95 bits per heavy atom. The minimum atomic E-state index is -0.515. The molecule has 102 valence electrons. The third-order valence-electron chi connectivity index (χ3n) is 2.28. The van der Waals surface area contributed by atoms with Gasteiger partial charge in [-0.2, -0.15) is 5.10 Å². The van der Waals surface area contributed by atoms with E-state index in [2.05, 4.69) is 15.5 Å². The molecular weight excluding hydrogens is 261 g/mol. The number of amides is 1. The van der Waals surface area contributed by atoms with E-state index in [4.69, 9.17) is 4.74 Å². The maximum Gasteiger partial charge on any atom is 0.277 e. The van der Waals surface area contributed by atoms with E-state index >= 15 is 0 Å². The van der Waals surface area contributed by atoms with Crippen molar-refractivity contribution in [2.24, 2.45) is 5.10 Å². The van der Waals surface area contributed by atoms with Gasteiger partial charge in [0.2, 0.25) is 0 Å². The van der Waals surface area contributed by atoms with Gasteiger partial charge >= 0.3 is 0 Å². The van der Waals surface area contributed by atoms with Crippen molar-refractivity contribution in [3.8, 4) is 5.75 Å². The van der Waals surface area contributed by atoms with E-state index in [-0.39, 0.29) is 12.4 Å². The number of nitrogens with one attached hydrogen (secondary N) is 1. The fraction of sp³-hybridized carbons (Fsp3) is 0.0714. The molecule has 0 bridgehead atoms. The zero-order valence-electron chi connectivity index (χ0n) is 10.5. The number of aromatic nitrogens is 1. The van der Waals surface area contributed by atoms with Crippen LogP contribution in [0.25, 0.3) is 0 Å². The van der Waals surface area contributed by atoms with Gasteiger partial charge in [-0.25, -0.2) is 9.82 Å². The highest BCUT2D eigenvalue weighted by Crippen LogP contribution is 2.14. The summed E-state index contributed by atoms with van der Waals surface area (Å²) in [4.78, 5) is 15.3. The van der Waals surface area contributed by atoms with Gasteiger partial charge in [-0.1, -0.05) is 18.2 Å². The molecule has 0 radical (unpaired) electrons. The Balaban J connectivity index is 1.79. The number of nitrogens with zero attached hydrogens (tertiary/aromatic N) is 2. The van der Waals surface area contributed by atoms with E-state index in [1.807, 2.05) is 0 Å². The summed E-state index contributed by atoms with van der Waals surface area (Å²) in [5.74, 6) is -0.966. The topological polar surface area (TPSA) is 63.6 Å². The smallest absolute Gasteiger partial charge is 0.277 e. The molecule has 0 aliphatic rings. The van der Waals surface area contributed by atoms with Crippen molar-refractivity contribution in [2.45, 2.75) is 0 Å². The average Bonchev–Trinajstić information content (AvgIpc) is 2.47. The van der Waals surface area contributed by atoms with E-state index in [1.54, 1.807) is 36.7 Å². The zero-order chi connectivity index (χ0) is 14.2. The number of carbonyl (C=O) groups excluding carboxylic acids is 1. The first-order valence-corrected chi connectivity index (χ1v) is 5.85. The van der Waals surface area contributed by atoms with Crippen LogP contribution in [0, 0.1) is 5.82 Å². The Kier molecular flexibility index (Phi) is 4.77. The summed E-state index contributed by atoms with van der Waals surface area (Å²) in [7, 11) is 0. The Hall–Kier alpha value is -2.76. The van der Waals surface area contributed by atoms with Crippen LogP contribution in [0.1, 0.15) is 5.56 Å². The number of hydrogen-bond donors (Lipinski definition) is 1. The molecule has 0 aliphatic carbocycles. The van der Waals surface area contributed by atoms with Gasteiger partial charge in [0.05, 0.1) is 6.21 Å². The number of ether oxygens (including phenoxy) is 1. The van der Waals surface area contributed by atoms with Gasteiger partial charge in [-0.15, -0.1) is 0 Å². The zero-order valence-corrected chi connectivity index (χ0v) is 10.5. The van der Waals surface area contributed by atoms with Crippen LogP contribution < -0.4 is 10.2 Å². The number of rotatable bonds is 5. The van der Waals surface area contributed by atoms with Crippen molar-refractivity contribution in [1.29, 1.82) is 0 Å². The van der Waals surface area contributed by atoms with Crippen LogP contribution in [0.3, 0.4) is 0 Å². The number of pyridine rings is 1. The van der Waals surface area contributed by atoms with Gasteiger partial charge in [0.15, 0.2) is 18.2 Å². The summed E-state index contributed by atoms with van der Waals surface area (Å²) < 4.78 is 18.2. The van der Waals surface area contributed by atoms with Crippen molar-refractivity contribution < 1.29 is 13.9 Å². The van der Waals surface area contributed by atoms with Crippen LogP contribution in [0.2, 0.25) is 0 Å². The van der Waals surface area contributed by atoms with Crippen LogP contribution >= 0.6 is 0 Å². The van der Waals surface area contributed by atoms with Crippen molar-refractivity contribution >= 4 is 12.1 Å². The van der Waals surface area contributed by atoms with Crippen molar-refractivity contribution in [3.63, 3.8) is 0 Å². The summed E-state index contributed by atoms with van der Waals surface area (Å²) in [5, 5.41) is 3.74. The first-order valence-electron chi connectivity index (χ1n) is 5.85. The lowest BCUT2D eigenvalue weighted by Gasteiger charge is -2.05. The van der Waals surface area contributed by atoms with Gasteiger partial charge in [0.25, 0.3) is 5.91 Å². The van der Waals surface area contributed by atoms with Crippen molar-refractivity contribution in [1.82, 2.24) is 10.4 Å². The molecule has 0 unspecified atom stereocenters. The molecule has 0 fully saturated rings. The van der Waals surface area contributed by atoms with Crippen LogP contribution in [0.5, 0.6) is 5.75 Å². The van der Waals surface area contributed by atoms with Crippen LogP contribution in [-0.2, 0) is 4.79 Å². The normalized spacial score (nSPS) is 10.4. The van der Waals surface area contributed by atoms with E-state index in [1.165, 1.54) is 18.3 Å². The van der Waals surface area contributed by atoms with Gasteiger partial charge < -0.3 is 4.74 Å². The molecule has 6 heteroatoms. The number of hydrogen-bond acceptors (Lipinski definition) is 4. The molecule has 0 atom stereocenters. The molecule has 0 spiro atoms. The molecule has 2 rings (SSSR count). The number of hydrazone groups is 1. The SMILES string of the molecule is O=C(COc1ccccc1F)N/N=C/c1cccnc1. The minimum Gasteiger partial charge on any atom is -0.481 e. The molecule has 0 aliphatic heterocycles. The maximum absolute atomic E-state index is 13.2. The first kappa shape index (κ1) is 13.7. The molecule has 1 amide bonds. The molecule has 0 saturated heterocycles. The highest BCUT2D eigenvalue weighted by Gasteiger charge is 2.04. The lowest BCUT2D eigenvalue weighted by molar-refractivity contribution is -0.123. The molecule has 1 heterocycles. The summed E-state index contributed by atoms with van der Waals surface area (Å²) >= 11 is 0. The molecule has 0 saturated carbocycles. The standard InChI is InChI=1S/C14H12FN3O2/c15-12-5-1-2-6-13(12)20-10-14(19)18-17-9-11-4-3-7-16-8-11/h1-9H,10H2,(H,18,19)/b17-9+. The third kappa shape index (κ3) is 4.16. The second kappa shape index (κ2) is 6.98. The Bertz CT molecular complexity index is 602. The molecule has 20 heavy (non-hydrogen) atoms. The molecule has 5 nitrogen and oxygen atoms in total. The van der Waals surface area contributed by atoms with E-state index in [0.717, 1.165) is 5.56 Å². The van der Waals surface area contributed by atoms with Crippen molar-refractivity contribution in [2.75, 3.05) is 6.61 Å². The average molecular weight is 273 g/mol. The molecule has 1 aromatic carbocycles. The quantitative estimate of drug-likeness (QED) is 0.666. The fourth-order valence-corrected chi connectivity index (χ4v) is 1.37. The number of para-hydroxylation sites is 1. The molecule has 1 N–H and O–H groups in total. The summed E-state index contributed by atoms with van der Waals surface area (Å²) in [5.41, 5.74) is 3.03. The lowest BCUT2D eigenvalue weighted by atomic mass is 10.3. The fourth-order valence-electron chi connectivity index (χ4n) is 1.37. The van der Waals surface area contributed by atoms with Gasteiger partial charge in [0.1, 0.15) is 0 Å². The van der Waals surface area contributed by atoms with Crippen LogP contribution in [0.4, 0.5) is 4.39 Å². The predicted octanol–water partition coefficient (Wildman–Crippen LogP) is 1.75. The largest absolute Gasteiger partial charge is 0.481 e. The highest BCUT2D eigenvalue weighted by molar-refractivity contribution is 5.82. The highest BCUT2D eigenvalue weighted by atomic mass is 19.1. The maximum atomic E-state index is 13.2.